The molecule has 9 nitrogen and oxygen atoms in total. The van der Waals surface area contributed by atoms with Gasteiger partial charge in [-0.25, -0.2) is 23.7 Å². The molecule has 3 heterocycles. The number of anilines is 2. The van der Waals surface area contributed by atoms with Crippen LogP contribution in [0.4, 0.5) is 20.5 Å². The van der Waals surface area contributed by atoms with Crippen LogP contribution in [0.3, 0.4) is 0 Å². The predicted octanol–water partition coefficient (Wildman–Crippen LogP) is 2.05. The van der Waals surface area contributed by atoms with Crippen LogP contribution >= 0.6 is 0 Å². The molecule has 29 heavy (non-hydrogen) atoms. The number of nitrogens with two attached hydrogens (primary N) is 1. The average molecular weight is 405 g/mol. The predicted molar refractivity (Wildman–Crippen MR) is 104 cm³/mol. The molecule has 3 rings (SSSR count). The van der Waals surface area contributed by atoms with Crippen molar-refractivity contribution in [3.05, 3.63) is 30.7 Å². The highest BCUT2D eigenvalue weighted by Crippen LogP contribution is 2.33. The zero-order chi connectivity index (χ0) is 21.0. The minimum Gasteiger partial charge on any atom is -0.493 e. The number of aromatic nitrogens is 5. The Labute approximate surface area is 165 Å². The topological polar surface area (TPSA) is 124 Å². The minimum atomic E-state index is -2.57. The zero-order valence-electron chi connectivity index (χ0n) is 15.9. The third-order valence-electron chi connectivity index (χ3n) is 3.95. The van der Waals surface area contributed by atoms with Crippen molar-refractivity contribution in [2.75, 3.05) is 24.7 Å². The molecule has 0 aliphatic heterocycles. The second-order valence-corrected chi connectivity index (χ2v) is 6.31. The van der Waals surface area contributed by atoms with Crippen molar-refractivity contribution in [3.63, 3.8) is 0 Å². The minimum absolute atomic E-state index is 0.205. The van der Waals surface area contributed by atoms with Crippen molar-refractivity contribution in [2.45, 2.75) is 26.0 Å². The first-order chi connectivity index (χ1) is 13.9. The molecule has 0 bridgehead atoms. The first kappa shape index (κ1) is 20.4. The molecule has 0 amide bonds. The molecule has 0 aliphatic carbocycles. The van der Waals surface area contributed by atoms with Crippen molar-refractivity contribution < 1.29 is 18.6 Å². The van der Waals surface area contributed by atoms with E-state index < -0.39 is 19.1 Å². The van der Waals surface area contributed by atoms with E-state index in [-0.39, 0.29) is 12.4 Å². The van der Waals surface area contributed by atoms with Gasteiger partial charge >= 0.3 is 0 Å². The molecule has 3 aromatic heterocycles. The van der Waals surface area contributed by atoms with Crippen LogP contribution in [0.5, 0.6) is 5.75 Å². The fourth-order valence-corrected chi connectivity index (χ4v) is 2.64. The number of rotatable bonds is 8. The third kappa shape index (κ3) is 4.93. The summed E-state index contributed by atoms with van der Waals surface area (Å²) in [7, 11) is 1.46. The number of ether oxygens (including phenoxy) is 1. The van der Waals surface area contributed by atoms with E-state index in [1.165, 1.54) is 25.7 Å². The Morgan fingerprint density at radius 3 is 2.83 bits per heavy atom. The van der Waals surface area contributed by atoms with Crippen LogP contribution in [0, 0.1) is 0 Å². The first-order valence-electron chi connectivity index (χ1n) is 8.78. The van der Waals surface area contributed by atoms with Gasteiger partial charge in [-0.3, -0.25) is 4.68 Å². The first-order valence-corrected chi connectivity index (χ1v) is 8.78. The van der Waals surface area contributed by atoms with Gasteiger partial charge in [-0.05, 0) is 19.1 Å². The Morgan fingerprint density at radius 2 is 2.14 bits per heavy atom. The van der Waals surface area contributed by atoms with Crippen LogP contribution in [0.1, 0.15) is 6.92 Å². The highest BCUT2D eigenvalue weighted by atomic mass is 19.3. The van der Waals surface area contributed by atoms with Crippen molar-refractivity contribution in [1.29, 1.82) is 0 Å². The summed E-state index contributed by atoms with van der Waals surface area (Å²) in [4.78, 5) is 12.6. The summed E-state index contributed by atoms with van der Waals surface area (Å²) in [6.07, 6.45) is 1.36. The molecule has 3 aromatic rings. The maximum absolute atomic E-state index is 12.9. The standard InChI is InChI=1S/C18H21F2N7O2/c1-10(28)6-24-18-22-4-3-13(25-18)12-8-27(9-15(19)20)26-16(12)11-5-14(29-2)17(21)23-7-11/h3-5,7-8,10,15,28H,6,9H2,1-2H3,(H2,21,23)(H,22,24,25). The lowest BCUT2D eigenvalue weighted by molar-refractivity contribution is 0.122. The quantitative estimate of drug-likeness (QED) is 0.520. The Morgan fingerprint density at radius 1 is 1.34 bits per heavy atom. The van der Waals surface area contributed by atoms with Crippen LogP contribution < -0.4 is 15.8 Å². The largest absolute Gasteiger partial charge is 0.493 e. The monoisotopic (exact) mass is 405 g/mol. The summed E-state index contributed by atoms with van der Waals surface area (Å²) >= 11 is 0. The number of nitrogens with one attached hydrogen (secondary N) is 1. The van der Waals surface area contributed by atoms with E-state index >= 15 is 0 Å². The molecule has 0 fully saturated rings. The zero-order valence-corrected chi connectivity index (χ0v) is 15.9. The molecule has 0 saturated heterocycles. The van der Waals surface area contributed by atoms with Gasteiger partial charge in [0, 0.05) is 36.3 Å². The fraction of sp³-hybridized carbons (Fsp3) is 0.333. The molecule has 0 radical (unpaired) electrons. The van der Waals surface area contributed by atoms with Gasteiger partial charge < -0.3 is 20.9 Å². The maximum Gasteiger partial charge on any atom is 0.257 e. The lowest BCUT2D eigenvalue weighted by Gasteiger charge is -2.09. The summed E-state index contributed by atoms with van der Waals surface area (Å²) in [5.74, 6) is 0.847. The summed E-state index contributed by atoms with van der Waals surface area (Å²) in [6.45, 7) is 1.33. The van der Waals surface area contributed by atoms with Crippen LogP contribution in [0.25, 0.3) is 22.5 Å². The second-order valence-electron chi connectivity index (χ2n) is 6.31. The van der Waals surface area contributed by atoms with Gasteiger partial charge in [0.2, 0.25) is 5.95 Å². The van der Waals surface area contributed by atoms with Crippen molar-refractivity contribution in [3.8, 4) is 28.3 Å². The van der Waals surface area contributed by atoms with Crippen LogP contribution in [0.2, 0.25) is 0 Å². The lowest BCUT2D eigenvalue weighted by Crippen LogP contribution is -2.16. The number of methoxy groups -OCH3 is 1. The van der Waals surface area contributed by atoms with Gasteiger partial charge in [0.25, 0.3) is 6.43 Å². The number of aliphatic hydroxyl groups excluding tert-OH is 1. The van der Waals surface area contributed by atoms with E-state index in [0.29, 0.717) is 34.2 Å². The molecule has 1 atom stereocenters. The van der Waals surface area contributed by atoms with E-state index in [2.05, 4.69) is 25.4 Å². The second kappa shape index (κ2) is 8.78. The van der Waals surface area contributed by atoms with E-state index in [9.17, 15) is 13.9 Å². The van der Waals surface area contributed by atoms with E-state index in [1.54, 1.807) is 19.1 Å². The maximum atomic E-state index is 12.9. The number of pyridine rings is 1. The number of alkyl halides is 2. The Kier molecular flexibility index (Phi) is 6.17. The number of aliphatic hydroxyl groups is 1. The van der Waals surface area contributed by atoms with E-state index in [1.807, 2.05) is 0 Å². The smallest absolute Gasteiger partial charge is 0.257 e. The number of nitrogens with zero attached hydrogens (tertiary/aromatic N) is 5. The van der Waals surface area contributed by atoms with E-state index in [0.717, 1.165) is 4.68 Å². The van der Waals surface area contributed by atoms with Gasteiger partial charge in [0.15, 0.2) is 11.6 Å². The Balaban J connectivity index is 2.06. The van der Waals surface area contributed by atoms with Gasteiger partial charge in [-0.2, -0.15) is 5.10 Å². The Bertz CT molecular complexity index is 979. The molecule has 0 saturated carbocycles. The summed E-state index contributed by atoms with van der Waals surface area (Å²) in [5.41, 5.74) is 7.69. The Hall–Kier alpha value is -3.34. The molecule has 0 spiro atoms. The van der Waals surface area contributed by atoms with Gasteiger partial charge in [0.1, 0.15) is 12.2 Å². The molecule has 154 valence electrons. The molecule has 4 N–H and O–H groups in total. The highest BCUT2D eigenvalue weighted by molar-refractivity contribution is 5.79. The average Bonchev–Trinajstić information content (AvgIpc) is 3.10. The third-order valence-corrected chi connectivity index (χ3v) is 3.95. The van der Waals surface area contributed by atoms with Gasteiger partial charge in [-0.1, -0.05) is 0 Å². The molecule has 0 aliphatic rings. The normalized spacial score (nSPS) is 12.2. The fourth-order valence-electron chi connectivity index (χ4n) is 2.64. The summed E-state index contributed by atoms with van der Waals surface area (Å²) in [6, 6.07) is 3.28. The molecular weight excluding hydrogens is 384 g/mol. The lowest BCUT2D eigenvalue weighted by atomic mass is 10.1. The van der Waals surface area contributed by atoms with Crippen molar-refractivity contribution in [1.82, 2.24) is 24.7 Å². The van der Waals surface area contributed by atoms with Gasteiger partial charge in [0.05, 0.1) is 18.9 Å². The number of nitrogen functional groups attached to an aromatic ring is 1. The van der Waals surface area contributed by atoms with E-state index in [4.69, 9.17) is 10.5 Å². The van der Waals surface area contributed by atoms with Gasteiger partial charge in [-0.15, -0.1) is 0 Å². The SMILES string of the molecule is COc1cc(-c2nn(CC(F)F)cc2-c2ccnc(NCC(C)O)n2)cnc1N. The summed E-state index contributed by atoms with van der Waals surface area (Å²) < 4.78 is 32.2. The number of hydrogen-bond donors (Lipinski definition) is 3. The number of halogens is 2. The van der Waals surface area contributed by atoms with Crippen molar-refractivity contribution in [2.24, 2.45) is 0 Å². The van der Waals surface area contributed by atoms with Crippen LogP contribution in [-0.2, 0) is 6.54 Å². The molecule has 0 aromatic carbocycles. The summed E-state index contributed by atoms with van der Waals surface area (Å²) in [5, 5.41) is 16.6. The number of hydrogen-bond acceptors (Lipinski definition) is 8. The van der Waals surface area contributed by atoms with Crippen LogP contribution in [-0.4, -0.2) is 56.0 Å². The van der Waals surface area contributed by atoms with Crippen LogP contribution in [0.15, 0.2) is 30.7 Å². The molecule has 11 heteroatoms. The highest BCUT2D eigenvalue weighted by Gasteiger charge is 2.18. The molecular formula is C18H21F2N7O2. The van der Waals surface area contributed by atoms with Crippen molar-refractivity contribution >= 4 is 11.8 Å². The molecule has 1 unspecified atom stereocenters.